The first-order valence-electron chi connectivity index (χ1n) is 19.7. The van der Waals surface area contributed by atoms with Crippen molar-refractivity contribution in [3.63, 3.8) is 0 Å². The fraction of sp³-hybridized carbons (Fsp3) is 0.333. The molecule has 0 aliphatic heterocycles. The molecule has 346 valence electrons. The lowest BCUT2D eigenvalue weighted by atomic mass is 10.0. The third-order valence-electron chi connectivity index (χ3n) is 8.87. The number of nitrogens with two attached hydrogens (primary N) is 2. The molecule has 3 amide bonds. The van der Waals surface area contributed by atoms with Crippen molar-refractivity contribution >= 4 is 71.2 Å². The molecule has 0 spiro atoms. The van der Waals surface area contributed by atoms with Crippen molar-refractivity contribution in [2.45, 2.75) is 64.6 Å². The van der Waals surface area contributed by atoms with Gasteiger partial charge in [-0.3, -0.25) is 39.6 Å². The summed E-state index contributed by atoms with van der Waals surface area (Å²) >= 11 is 5.82. The van der Waals surface area contributed by atoms with Crippen molar-refractivity contribution in [1.82, 2.24) is 25.5 Å². The number of nitrogens with zero attached hydrogens (tertiary/aromatic N) is 3. The molecule has 0 saturated heterocycles. The molecule has 3 aromatic carbocycles. The Morgan fingerprint density at radius 1 is 0.750 bits per heavy atom. The number of anilines is 4. The fourth-order valence-electron chi connectivity index (χ4n) is 5.87. The van der Waals surface area contributed by atoms with E-state index in [2.05, 4.69) is 55.5 Å². The zero-order chi connectivity index (χ0) is 47.8. The SMILES string of the molecule is CC(=O)O.CC(=O)O.N=C(NCCCCc1ccc(CCCCN(C[C@H](O)c2ccc(O)c(NC=O)c2)C[C@H](O)c2ccc(O)c(NC=O)c2)cc1)NC(=O)c1nc(Cl)c(N)nc1N. The van der Waals surface area contributed by atoms with Crippen LogP contribution < -0.4 is 32.7 Å². The minimum absolute atomic E-state index is 0.0940. The maximum Gasteiger partial charge on any atom is 0.300 e. The standard InChI is InChI=1S/C38H47ClN10O7.2C2H4O2/c39-34-36(41)47-35(40)33(46-34)37(56)48-38(42)43-15-3-1-5-23-7-9-24(10-8-23)6-2-4-16-49(19-31(54)25-11-13-29(52)27(17-25)44-21-50)20-32(55)26-12-14-30(53)28(18-26)45-22-51;2*1-2(3)4/h7-14,17-18,21-22,31-32,52-55H,1-6,15-16,19-20H2,(H,44,50)(H,45,51)(H4,40,41,47)(H3,42,43,48,56);2*1H3,(H,3,4)/t31-,32-;;/m0../s1. The molecule has 64 heavy (non-hydrogen) atoms. The maximum atomic E-state index is 12.4. The van der Waals surface area contributed by atoms with Crippen LogP contribution in [-0.2, 0) is 32.0 Å². The Morgan fingerprint density at radius 2 is 1.20 bits per heavy atom. The van der Waals surface area contributed by atoms with E-state index in [0.717, 1.165) is 57.9 Å². The third kappa shape index (κ3) is 19.8. The lowest BCUT2D eigenvalue weighted by Gasteiger charge is -2.28. The summed E-state index contributed by atoms with van der Waals surface area (Å²) in [6.07, 6.45) is 3.69. The minimum Gasteiger partial charge on any atom is -0.506 e. The monoisotopic (exact) mass is 910 g/mol. The molecule has 0 radical (unpaired) electrons. The van der Waals surface area contributed by atoms with Gasteiger partial charge < -0.3 is 58.1 Å². The lowest BCUT2D eigenvalue weighted by molar-refractivity contribution is -0.135. The fourth-order valence-corrected chi connectivity index (χ4v) is 5.99. The van der Waals surface area contributed by atoms with Gasteiger partial charge >= 0.3 is 0 Å². The van der Waals surface area contributed by atoms with E-state index in [0.29, 0.717) is 37.0 Å². The highest BCUT2D eigenvalue weighted by Crippen LogP contribution is 2.29. The molecule has 0 saturated carbocycles. The molecule has 0 unspecified atom stereocenters. The van der Waals surface area contributed by atoms with Crippen LogP contribution >= 0.6 is 11.6 Å². The lowest BCUT2D eigenvalue weighted by Crippen LogP contribution is -2.41. The molecule has 1 aromatic heterocycles. The van der Waals surface area contributed by atoms with E-state index >= 15 is 0 Å². The summed E-state index contributed by atoms with van der Waals surface area (Å²) in [5.41, 5.74) is 14.6. The van der Waals surface area contributed by atoms with Crippen LogP contribution in [0, 0.1) is 5.41 Å². The number of hydrogen-bond acceptors (Lipinski definition) is 15. The highest BCUT2D eigenvalue weighted by Gasteiger charge is 2.20. The summed E-state index contributed by atoms with van der Waals surface area (Å²) in [7, 11) is 0. The third-order valence-corrected chi connectivity index (χ3v) is 9.15. The van der Waals surface area contributed by atoms with Crippen LogP contribution in [0.5, 0.6) is 11.5 Å². The summed E-state index contributed by atoms with van der Waals surface area (Å²) in [5, 5.41) is 75.0. The van der Waals surface area contributed by atoms with E-state index in [1.54, 1.807) is 12.1 Å². The van der Waals surface area contributed by atoms with Gasteiger partial charge in [0.2, 0.25) is 12.8 Å². The number of carboxylic acid groups (broad SMARTS) is 2. The van der Waals surface area contributed by atoms with Gasteiger partial charge in [0, 0.05) is 33.5 Å². The van der Waals surface area contributed by atoms with Gasteiger partial charge in [-0.2, -0.15) is 0 Å². The Balaban J connectivity index is 0.00000162. The summed E-state index contributed by atoms with van der Waals surface area (Å²) in [4.78, 5) is 61.8. The zero-order valence-corrected chi connectivity index (χ0v) is 36.0. The first-order chi connectivity index (χ1) is 30.3. The molecule has 22 heteroatoms. The number of carboxylic acids is 2. The number of nitrogen functional groups attached to an aromatic ring is 2. The van der Waals surface area contributed by atoms with E-state index in [4.69, 9.17) is 48.3 Å². The average Bonchev–Trinajstić information content (AvgIpc) is 3.22. The van der Waals surface area contributed by atoms with Crippen LogP contribution in [0.25, 0.3) is 0 Å². The number of nitrogens with one attached hydrogen (secondary N) is 5. The second-order valence-corrected chi connectivity index (χ2v) is 14.4. The number of phenolic OH excluding ortho intramolecular Hbond substituents is 2. The molecule has 4 rings (SSSR count). The highest BCUT2D eigenvalue weighted by atomic mass is 35.5. The largest absolute Gasteiger partial charge is 0.506 e. The number of hydrogen-bond donors (Lipinski definition) is 13. The van der Waals surface area contributed by atoms with Crippen LogP contribution in [0.3, 0.4) is 0 Å². The maximum absolute atomic E-state index is 12.4. The van der Waals surface area contributed by atoms with Crippen molar-refractivity contribution in [3.05, 3.63) is 93.8 Å². The van der Waals surface area contributed by atoms with E-state index in [1.807, 2.05) is 4.90 Å². The number of carbonyl (C=O) groups is 5. The van der Waals surface area contributed by atoms with Gasteiger partial charge in [-0.1, -0.05) is 48.0 Å². The van der Waals surface area contributed by atoms with Crippen molar-refractivity contribution < 1.29 is 54.6 Å². The number of guanidine groups is 1. The Labute approximate surface area is 374 Å². The van der Waals surface area contributed by atoms with Gasteiger partial charge in [-0.05, 0) is 91.6 Å². The summed E-state index contributed by atoms with van der Waals surface area (Å²) < 4.78 is 0. The number of rotatable bonds is 21. The average molecular weight is 911 g/mol. The first kappa shape index (κ1) is 53.1. The van der Waals surface area contributed by atoms with Gasteiger partial charge in [-0.15, -0.1) is 0 Å². The predicted octanol–water partition coefficient (Wildman–Crippen LogP) is 3.39. The van der Waals surface area contributed by atoms with Crippen molar-refractivity contribution in [1.29, 1.82) is 5.41 Å². The number of aliphatic hydroxyl groups excluding tert-OH is 2. The van der Waals surface area contributed by atoms with Crippen LogP contribution in [-0.4, -0.2) is 108 Å². The molecule has 15 N–H and O–H groups in total. The second kappa shape index (κ2) is 27.8. The summed E-state index contributed by atoms with van der Waals surface area (Å²) in [5.74, 6) is -3.16. The van der Waals surface area contributed by atoms with Crippen LogP contribution in [0.15, 0.2) is 60.7 Å². The van der Waals surface area contributed by atoms with E-state index in [1.165, 1.54) is 29.8 Å². The molecular formula is C42H55ClN10O11. The smallest absolute Gasteiger partial charge is 0.300 e. The number of halogens is 1. The summed E-state index contributed by atoms with van der Waals surface area (Å²) in [6.45, 7) is 3.45. The Bertz CT molecular complexity index is 2090. The van der Waals surface area contributed by atoms with Crippen LogP contribution in [0.4, 0.5) is 23.0 Å². The van der Waals surface area contributed by atoms with Gasteiger partial charge in [0.1, 0.15) is 11.5 Å². The topological polar surface area (TPSA) is 360 Å². The van der Waals surface area contributed by atoms with E-state index in [9.17, 15) is 34.8 Å². The molecule has 0 aliphatic carbocycles. The predicted molar refractivity (Wildman–Crippen MR) is 240 cm³/mol. The molecule has 21 nitrogen and oxygen atoms in total. The Kier molecular flexibility index (Phi) is 23.0. The summed E-state index contributed by atoms with van der Waals surface area (Å²) in [6, 6.07) is 17.2. The molecule has 0 aliphatic rings. The highest BCUT2D eigenvalue weighted by molar-refractivity contribution is 6.31. The van der Waals surface area contributed by atoms with E-state index in [-0.39, 0.29) is 64.4 Å². The zero-order valence-electron chi connectivity index (χ0n) is 35.3. The number of aryl methyl sites for hydroxylation is 2. The Hall–Kier alpha value is -7.07. The van der Waals surface area contributed by atoms with Gasteiger partial charge in [-0.25, -0.2) is 9.97 Å². The van der Waals surface area contributed by atoms with Crippen molar-refractivity contribution in [3.8, 4) is 11.5 Å². The second-order valence-electron chi connectivity index (χ2n) is 14.0. The number of phenols is 2. The Morgan fingerprint density at radius 3 is 1.66 bits per heavy atom. The van der Waals surface area contributed by atoms with E-state index < -0.39 is 30.1 Å². The number of aromatic nitrogens is 2. The number of aromatic hydroxyl groups is 2. The molecule has 1 heterocycles. The normalized spacial score (nSPS) is 11.3. The minimum atomic E-state index is -1.01. The quantitative estimate of drug-likeness (QED) is 0.0187. The number of unbranched alkanes of at least 4 members (excludes halogenated alkanes) is 2. The van der Waals surface area contributed by atoms with Gasteiger partial charge in [0.25, 0.3) is 17.8 Å². The van der Waals surface area contributed by atoms with Crippen LogP contribution in [0.1, 0.15) is 84.5 Å². The van der Waals surface area contributed by atoms with Gasteiger partial charge in [0.15, 0.2) is 28.4 Å². The molecule has 4 aromatic rings. The van der Waals surface area contributed by atoms with Crippen molar-refractivity contribution in [2.75, 3.05) is 48.3 Å². The molecule has 2 atom stereocenters. The first-order valence-corrected chi connectivity index (χ1v) is 20.1. The molecule has 0 bridgehead atoms. The van der Waals surface area contributed by atoms with Gasteiger partial charge in [0.05, 0.1) is 23.6 Å². The van der Waals surface area contributed by atoms with Crippen molar-refractivity contribution in [2.24, 2.45) is 0 Å². The number of aliphatic hydroxyl groups is 2. The molecular weight excluding hydrogens is 856 g/mol. The number of carbonyl (C=O) groups excluding carboxylic acids is 3. The number of aliphatic carboxylic acids is 2. The number of amides is 3. The molecule has 0 fully saturated rings. The van der Waals surface area contributed by atoms with Crippen LogP contribution in [0.2, 0.25) is 5.15 Å². The number of benzene rings is 3.